The highest BCUT2D eigenvalue weighted by Gasteiger charge is 2.20. The minimum Gasteiger partial charge on any atom is -0.248 e. The molecule has 0 aliphatic carbocycles. The quantitative estimate of drug-likeness (QED) is 0.243. The second-order valence-electron chi connectivity index (χ2n) is 8.46. The number of fused-ring (bicyclic) bond motifs is 1. The van der Waals surface area contributed by atoms with Crippen LogP contribution in [0.4, 0.5) is 0 Å². The van der Waals surface area contributed by atoms with E-state index in [0.29, 0.717) is 0 Å². The summed E-state index contributed by atoms with van der Waals surface area (Å²) in [5.41, 5.74) is 4.35. The fraction of sp³-hybridized carbons (Fsp3) is 0. The summed E-state index contributed by atoms with van der Waals surface area (Å²) in [6.07, 6.45) is 0. The first-order valence-corrected chi connectivity index (χ1v) is 13.2. The minimum atomic E-state index is -0.723. The minimum absolute atomic E-state index is 0.723. The number of benzene rings is 5. The molecule has 166 valence electrons. The van der Waals surface area contributed by atoms with Gasteiger partial charge in [0.2, 0.25) is 0 Å². The van der Waals surface area contributed by atoms with Gasteiger partial charge in [0, 0.05) is 11.1 Å². The van der Waals surface area contributed by atoms with Gasteiger partial charge in [0.25, 0.3) is 0 Å². The van der Waals surface area contributed by atoms with E-state index in [2.05, 4.69) is 146 Å². The van der Waals surface area contributed by atoms with Crippen LogP contribution >= 0.6 is 7.92 Å². The number of pyridine rings is 1. The maximum Gasteiger partial charge on any atom is 0.0716 e. The number of hydrogen-bond donors (Lipinski definition) is 0. The van der Waals surface area contributed by atoms with Gasteiger partial charge in [-0.25, -0.2) is 4.98 Å². The Kier molecular flexibility index (Phi) is 5.93. The molecule has 0 fully saturated rings. The molecule has 6 rings (SSSR count). The van der Waals surface area contributed by atoms with Crippen molar-refractivity contribution in [3.8, 4) is 22.5 Å². The van der Waals surface area contributed by atoms with Gasteiger partial charge in [-0.2, -0.15) is 0 Å². The Morgan fingerprint density at radius 3 is 1.66 bits per heavy atom. The van der Waals surface area contributed by atoms with Crippen LogP contribution in [0.3, 0.4) is 0 Å². The summed E-state index contributed by atoms with van der Waals surface area (Å²) in [6.45, 7) is 0. The summed E-state index contributed by atoms with van der Waals surface area (Å²) in [5, 5.41) is 6.46. The molecule has 0 amide bonds. The van der Waals surface area contributed by atoms with E-state index in [1.807, 2.05) is 0 Å². The van der Waals surface area contributed by atoms with Crippen molar-refractivity contribution in [1.82, 2.24) is 4.98 Å². The fourth-order valence-corrected chi connectivity index (χ4v) is 7.11. The van der Waals surface area contributed by atoms with Crippen molar-refractivity contribution in [2.75, 3.05) is 0 Å². The first kappa shape index (κ1) is 21.5. The molecule has 0 aliphatic rings. The Balaban J connectivity index is 1.52. The zero-order valence-corrected chi connectivity index (χ0v) is 20.1. The molecular weight excluding hydrogens is 441 g/mol. The second-order valence-corrected chi connectivity index (χ2v) is 10.6. The van der Waals surface area contributed by atoms with Crippen molar-refractivity contribution in [3.63, 3.8) is 0 Å². The van der Waals surface area contributed by atoms with Gasteiger partial charge in [-0.15, -0.1) is 0 Å². The predicted octanol–water partition coefficient (Wildman–Crippen LogP) is 7.33. The van der Waals surface area contributed by atoms with Crippen LogP contribution in [0.15, 0.2) is 146 Å². The molecule has 5 aromatic carbocycles. The van der Waals surface area contributed by atoms with Crippen molar-refractivity contribution in [3.05, 3.63) is 146 Å². The van der Waals surface area contributed by atoms with Gasteiger partial charge in [0.05, 0.1) is 11.4 Å². The van der Waals surface area contributed by atoms with E-state index in [4.69, 9.17) is 4.98 Å². The molecule has 6 aromatic rings. The number of hydrogen-bond acceptors (Lipinski definition) is 1. The summed E-state index contributed by atoms with van der Waals surface area (Å²) in [7, 11) is -0.723. The Bertz CT molecular complexity index is 1550. The topological polar surface area (TPSA) is 12.9 Å². The maximum atomic E-state index is 5.20. The van der Waals surface area contributed by atoms with E-state index >= 15 is 0 Å². The summed E-state index contributed by atoms with van der Waals surface area (Å²) in [6, 6.07) is 51.8. The molecule has 0 spiro atoms. The molecule has 1 aromatic heterocycles. The van der Waals surface area contributed by atoms with E-state index < -0.39 is 7.92 Å². The van der Waals surface area contributed by atoms with Crippen molar-refractivity contribution in [2.24, 2.45) is 0 Å². The molecule has 0 saturated carbocycles. The van der Waals surface area contributed by atoms with Crippen molar-refractivity contribution < 1.29 is 0 Å². The Hall–Kier alpha value is -4.06. The Morgan fingerprint density at radius 1 is 0.400 bits per heavy atom. The van der Waals surface area contributed by atoms with Crippen LogP contribution < -0.4 is 15.9 Å². The summed E-state index contributed by atoms with van der Waals surface area (Å²) < 4.78 is 0. The summed E-state index contributed by atoms with van der Waals surface area (Å²) in [4.78, 5) is 5.20. The van der Waals surface area contributed by atoms with Crippen LogP contribution in [-0.4, -0.2) is 4.98 Å². The van der Waals surface area contributed by atoms with Gasteiger partial charge >= 0.3 is 0 Å². The highest BCUT2D eigenvalue weighted by molar-refractivity contribution is 7.80. The Labute approximate surface area is 207 Å². The molecule has 0 atom stereocenters. The lowest BCUT2D eigenvalue weighted by molar-refractivity contribution is 1.33. The summed E-state index contributed by atoms with van der Waals surface area (Å²) in [5.74, 6) is 0. The van der Waals surface area contributed by atoms with Crippen LogP contribution in [-0.2, 0) is 0 Å². The zero-order valence-electron chi connectivity index (χ0n) is 19.3. The maximum absolute atomic E-state index is 5.20. The van der Waals surface area contributed by atoms with Gasteiger partial charge in [-0.3, -0.25) is 0 Å². The molecule has 0 N–H and O–H groups in total. The third-order valence-electron chi connectivity index (χ3n) is 6.26. The highest BCUT2D eigenvalue weighted by atomic mass is 31.1. The largest absolute Gasteiger partial charge is 0.248 e. The molecule has 35 heavy (non-hydrogen) atoms. The molecule has 0 bridgehead atoms. The average molecular weight is 466 g/mol. The smallest absolute Gasteiger partial charge is 0.0716 e. The van der Waals surface area contributed by atoms with Gasteiger partial charge < -0.3 is 0 Å². The molecule has 2 heteroatoms. The lowest BCUT2D eigenvalue weighted by Crippen LogP contribution is -2.22. The zero-order chi connectivity index (χ0) is 23.5. The standard InChI is InChI=1S/C33H24NP/c1-3-15-26(16-4-1)35(27-17-5-2-6-18-27)33-24-10-9-20-30(33)32-23-12-22-31(34-32)29-21-11-14-25-13-7-8-19-28(25)29/h1-24H. The number of rotatable bonds is 5. The summed E-state index contributed by atoms with van der Waals surface area (Å²) >= 11 is 0. The highest BCUT2D eigenvalue weighted by Crippen LogP contribution is 2.37. The van der Waals surface area contributed by atoms with E-state index in [1.165, 1.54) is 32.2 Å². The molecule has 0 unspecified atom stereocenters. The second kappa shape index (κ2) is 9.66. The van der Waals surface area contributed by atoms with Crippen LogP contribution in [0.5, 0.6) is 0 Å². The van der Waals surface area contributed by atoms with E-state index in [1.54, 1.807) is 0 Å². The fourth-order valence-electron chi connectivity index (χ4n) is 4.65. The van der Waals surface area contributed by atoms with E-state index in [9.17, 15) is 0 Å². The first-order chi connectivity index (χ1) is 17.4. The van der Waals surface area contributed by atoms with Crippen molar-refractivity contribution >= 4 is 34.6 Å². The number of aromatic nitrogens is 1. The van der Waals surface area contributed by atoms with Gasteiger partial charge in [-0.05, 0) is 46.7 Å². The normalized spacial score (nSPS) is 11.1. The number of nitrogens with zero attached hydrogens (tertiary/aromatic N) is 1. The average Bonchev–Trinajstić information content (AvgIpc) is 2.94. The van der Waals surface area contributed by atoms with Crippen LogP contribution in [0.1, 0.15) is 0 Å². The SMILES string of the molecule is c1ccc(P(c2ccccc2)c2ccccc2-c2cccc(-c3cccc4ccccc34)n2)cc1. The molecule has 0 saturated heterocycles. The van der Waals surface area contributed by atoms with Gasteiger partial charge in [0.15, 0.2) is 0 Å². The van der Waals surface area contributed by atoms with E-state index in [-0.39, 0.29) is 0 Å². The first-order valence-electron chi connectivity index (χ1n) is 11.8. The van der Waals surface area contributed by atoms with E-state index in [0.717, 1.165) is 17.0 Å². The molecule has 1 heterocycles. The molecule has 1 nitrogen and oxygen atoms in total. The van der Waals surface area contributed by atoms with Gasteiger partial charge in [0.1, 0.15) is 0 Å². The monoisotopic (exact) mass is 465 g/mol. The lowest BCUT2D eigenvalue weighted by Gasteiger charge is -2.22. The molecule has 0 radical (unpaired) electrons. The molecule has 0 aliphatic heterocycles. The van der Waals surface area contributed by atoms with Crippen LogP contribution in [0, 0.1) is 0 Å². The lowest BCUT2D eigenvalue weighted by atomic mass is 10.0. The third-order valence-corrected chi connectivity index (χ3v) is 8.77. The van der Waals surface area contributed by atoms with Crippen LogP contribution in [0.25, 0.3) is 33.3 Å². The van der Waals surface area contributed by atoms with Crippen LogP contribution in [0.2, 0.25) is 0 Å². The van der Waals surface area contributed by atoms with Crippen molar-refractivity contribution in [1.29, 1.82) is 0 Å². The van der Waals surface area contributed by atoms with Crippen molar-refractivity contribution in [2.45, 2.75) is 0 Å². The molecular formula is C33H24NP. The van der Waals surface area contributed by atoms with Gasteiger partial charge in [-0.1, -0.05) is 133 Å². The Morgan fingerprint density at radius 2 is 0.914 bits per heavy atom. The predicted molar refractivity (Wildman–Crippen MR) is 151 cm³/mol. The third kappa shape index (κ3) is 4.28.